The van der Waals surface area contributed by atoms with Gasteiger partial charge in [-0.25, -0.2) is 16.8 Å². The second-order valence-corrected chi connectivity index (χ2v) is 9.01. The van der Waals surface area contributed by atoms with Gasteiger partial charge >= 0.3 is 0 Å². The molecule has 0 heterocycles. The molecule has 7 heteroatoms. The number of rotatable bonds is 8. The van der Waals surface area contributed by atoms with Crippen LogP contribution in [0.2, 0.25) is 0 Å². The standard InChI is InChI=1S/C9H14O4S3/c1-3-7-15(10,11)9-5-6-14-16(12,13)8-4-2/h3-6H,1-2,7-9H2/b6-5-. The highest BCUT2D eigenvalue weighted by atomic mass is 33.1. The lowest BCUT2D eigenvalue weighted by Gasteiger charge is -1.96. The van der Waals surface area contributed by atoms with Crippen LogP contribution in [0.15, 0.2) is 36.8 Å². The number of hydrogen-bond donors (Lipinski definition) is 0. The lowest BCUT2D eigenvalue weighted by molar-refractivity contribution is 0.601. The van der Waals surface area contributed by atoms with E-state index in [4.69, 9.17) is 0 Å². The van der Waals surface area contributed by atoms with Gasteiger partial charge in [-0.05, 0) is 16.2 Å². The van der Waals surface area contributed by atoms with Crippen LogP contribution in [0, 0.1) is 0 Å². The second kappa shape index (κ2) is 6.93. The molecule has 0 aromatic carbocycles. The lowest BCUT2D eigenvalue weighted by atomic mass is 10.7. The Labute approximate surface area is 100 Å². The van der Waals surface area contributed by atoms with Gasteiger partial charge in [-0.15, -0.1) is 13.2 Å². The van der Waals surface area contributed by atoms with Crippen molar-refractivity contribution in [3.63, 3.8) is 0 Å². The summed E-state index contributed by atoms with van der Waals surface area (Å²) in [6, 6.07) is 0. The molecule has 0 bridgehead atoms. The molecule has 0 aliphatic heterocycles. The van der Waals surface area contributed by atoms with Gasteiger partial charge in [-0.1, -0.05) is 18.2 Å². The van der Waals surface area contributed by atoms with E-state index in [-0.39, 0.29) is 17.3 Å². The minimum Gasteiger partial charge on any atom is -0.228 e. The summed E-state index contributed by atoms with van der Waals surface area (Å²) in [4.78, 5) is 0. The highest BCUT2D eigenvalue weighted by Crippen LogP contribution is 2.14. The SMILES string of the molecule is C=CCS(=O)(=O)C/C=C\SS(=O)(=O)CC=C. The summed E-state index contributed by atoms with van der Waals surface area (Å²) in [5, 5.41) is 1.26. The Morgan fingerprint density at radius 2 is 1.50 bits per heavy atom. The van der Waals surface area contributed by atoms with Crippen molar-refractivity contribution in [3.05, 3.63) is 36.8 Å². The third-order valence-corrected chi connectivity index (χ3v) is 5.65. The molecule has 0 saturated carbocycles. The maximum absolute atomic E-state index is 11.2. The summed E-state index contributed by atoms with van der Waals surface area (Å²) in [7, 11) is -5.87. The Morgan fingerprint density at radius 1 is 0.938 bits per heavy atom. The summed E-state index contributed by atoms with van der Waals surface area (Å²) in [5.41, 5.74) is 0. The highest BCUT2D eigenvalue weighted by molar-refractivity contribution is 8.73. The smallest absolute Gasteiger partial charge is 0.209 e. The van der Waals surface area contributed by atoms with Crippen molar-refractivity contribution in [1.82, 2.24) is 0 Å². The summed E-state index contributed by atoms with van der Waals surface area (Å²) >= 11 is 0. The zero-order chi connectivity index (χ0) is 12.7. The predicted molar refractivity (Wildman–Crippen MR) is 69.6 cm³/mol. The van der Waals surface area contributed by atoms with Crippen LogP contribution in [-0.4, -0.2) is 34.1 Å². The van der Waals surface area contributed by atoms with Gasteiger partial charge in [0.05, 0.1) is 17.3 Å². The molecule has 16 heavy (non-hydrogen) atoms. The molecule has 0 fully saturated rings. The van der Waals surface area contributed by atoms with Crippen molar-refractivity contribution in [2.45, 2.75) is 0 Å². The molecule has 0 N–H and O–H groups in total. The van der Waals surface area contributed by atoms with Crippen LogP contribution < -0.4 is 0 Å². The fraction of sp³-hybridized carbons (Fsp3) is 0.333. The first-order valence-corrected chi connectivity index (χ1v) is 9.18. The molecule has 0 saturated heterocycles. The Bertz CT molecular complexity index is 413. The van der Waals surface area contributed by atoms with Crippen molar-refractivity contribution >= 4 is 29.5 Å². The first-order chi connectivity index (χ1) is 7.33. The molecule has 0 unspecified atom stereocenters. The van der Waals surface area contributed by atoms with Crippen LogP contribution in [-0.2, 0) is 18.7 Å². The van der Waals surface area contributed by atoms with Crippen molar-refractivity contribution in [2.24, 2.45) is 0 Å². The first-order valence-electron chi connectivity index (χ1n) is 4.31. The van der Waals surface area contributed by atoms with Crippen molar-refractivity contribution in [2.75, 3.05) is 17.3 Å². The minimum absolute atomic E-state index is 0.110. The largest absolute Gasteiger partial charge is 0.228 e. The molecule has 0 aliphatic rings. The van der Waals surface area contributed by atoms with E-state index in [0.29, 0.717) is 10.8 Å². The molecule has 0 spiro atoms. The molecular weight excluding hydrogens is 268 g/mol. The minimum atomic E-state index is -3.26. The van der Waals surface area contributed by atoms with Crippen molar-refractivity contribution in [3.8, 4) is 0 Å². The fourth-order valence-corrected chi connectivity index (χ4v) is 3.73. The van der Waals surface area contributed by atoms with Gasteiger partial charge in [-0.2, -0.15) is 0 Å². The predicted octanol–water partition coefficient (Wildman–Crippen LogP) is 1.35. The van der Waals surface area contributed by atoms with Crippen LogP contribution in [0.1, 0.15) is 0 Å². The number of hydrogen-bond acceptors (Lipinski definition) is 5. The number of sulfone groups is 1. The van der Waals surface area contributed by atoms with Gasteiger partial charge in [0.25, 0.3) is 0 Å². The molecule has 92 valence electrons. The topological polar surface area (TPSA) is 68.3 Å². The summed E-state index contributed by atoms with van der Waals surface area (Å²) in [5.74, 6) is -0.432. The molecule has 0 aromatic heterocycles. The summed E-state index contributed by atoms with van der Waals surface area (Å²) in [6.07, 6.45) is 3.89. The quantitative estimate of drug-likeness (QED) is 0.496. The van der Waals surface area contributed by atoms with Crippen molar-refractivity contribution < 1.29 is 16.8 Å². The molecule has 0 atom stereocenters. The van der Waals surface area contributed by atoms with Crippen LogP contribution in [0.5, 0.6) is 0 Å². The Kier molecular flexibility index (Phi) is 6.70. The van der Waals surface area contributed by atoms with Gasteiger partial charge in [0.1, 0.15) is 0 Å². The van der Waals surface area contributed by atoms with E-state index in [1.165, 1.54) is 23.6 Å². The van der Waals surface area contributed by atoms with Gasteiger partial charge < -0.3 is 0 Å². The molecule has 0 aliphatic carbocycles. The zero-order valence-corrected chi connectivity index (χ0v) is 11.2. The molecule has 0 rings (SSSR count). The van der Waals surface area contributed by atoms with E-state index in [9.17, 15) is 16.8 Å². The zero-order valence-electron chi connectivity index (χ0n) is 8.70. The molecule has 4 nitrogen and oxygen atoms in total. The first kappa shape index (κ1) is 15.5. The van der Waals surface area contributed by atoms with Crippen LogP contribution in [0.25, 0.3) is 0 Å². The highest BCUT2D eigenvalue weighted by Gasteiger charge is 2.07. The third kappa shape index (κ3) is 7.72. The summed E-state index contributed by atoms with van der Waals surface area (Å²) < 4.78 is 44.7. The normalized spacial score (nSPS) is 12.8. The van der Waals surface area contributed by atoms with Gasteiger partial charge in [0, 0.05) is 0 Å². The van der Waals surface area contributed by atoms with E-state index in [1.807, 2.05) is 0 Å². The molecule has 0 radical (unpaired) electrons. The lowest BCUT2D eigenvalue weighted by Crippen LogP contribution is -2.06. The molecule has 0 aromatic rings. The van der Waals surface area contributed by atoms with E-state index < -0.39 is 18.7 Å². The van der Waals surface area contributed by atoms with Crippen molar-refractivity contribution in [1.29, 1.82) is 0 Å². The average Bonchev–Trinajstić information content (AvgIpc) is 2.12. The Morgan fingerprint density at radius 3 is 2.00 bits per heavy atom. The van der Waals surface area contributed by atoms with E-state index in [2.05, 4.69) is 13.2 Å². The van der Waals surface area contributed by atoms with E-state index in [0.717, 1.165) is 0 Å². The third-order valence-electron chi connectivity index (χ3n) is 1.34. The molecular formula is C9H14O4S3. The fourth-order valence-electron chi connectivity index (χ4n) is 0.741. The second-order valence-electron chi connectivity index (χ2n) is 2.85. The average molecular weight is 282 g/mol. The summed E-state index contributed by atoms with van der Waals surface area (Å²) in [6.45, 7) is 6.64. The monoisotopic (exact) mass is 282 g/mol. The Hall–Kier alpha value is -0.530. The van der Waals surface area contributed by atoms with Crippen LogP contribution >= 0.6 is 10.8 Å². The van der Waals surface area contributed by atoms with Gasteiger partial charge in [-0.3, -0.25) is 0 Å². The van der Waals surface area contributed by atoms with E-state index in [1.54, 1.807) is 0 Å². The molecule has 0 amide bonds. The Balaban J connectivity index is 4.24. The van der Waals surface area contributed by atoms with Crippen LogP contribution in [0.4, 0.5) is 0 Å². The maximum Gasteiger partial charge on any atom is 0.209 e. The van der Waals surface area contributed by atoms with Gasteiger partial charge in [0.15, 0.2) is 9.84 Å². The van der Waals surface area contributed by atoms with Crippen LogP contribution in [0.3, 0.4) is 0 Å². The maximum atomic E-state index is 11.2. The van der Waals surface area contributed by atoms with Gasteiger partial charge in [0.2, 0.25) is 8.87 Å². The van der Waals surface area contributed by atoms with E-state index >= 15 is 0 Å².